The van der Waals surface area contributed by atoms with Gasteiger partial charge < -0.3 is 14.6 Å². The number of aromatic nitrogens is 1. The molecule has 2 heterocycles. The molecule has 0 radical (unpaired) electrons. The number of nitriles is 1. The van der Waals surface area contributed by atoms with Gasteiger partial charge in [0, 0.05) is 27.2 Å². The number of hydrogen-bond acceptors (Lipinski definition) is 3. The lowest BCUT2D eigenvalue weighted by atomic mass is 9.81. The first-order valence-electron chi connectivity index (χ1n) is 12.4. The van der Waals surface area contributed by atoms with Crippen LogP contribution >= 0.6 is 22.6 Å². The van der Waals surface area contributed by atoms with Gasteiger partial charge in [-0.25, -0.2) is 4.39 Å². The van der Waals surface area contributed by atoms with Gasteiger partial charge in [0.25, 0.3) is 0 Å². The summed E-state index contributed by atoms with van der Waals surface area (Å²) in [6.45, 7) is 2.46. The lowest BCUT2D eigenvalue weighted by Crippen LogP contribution is -2.28. The number of halogens is 2. The molecule has 4 aromatic rings. The number of H-pyrrole nitrogens is 1. The Labute approximate surface area is 225 Å². The highest BCUT2D eigenvalue weighted by atomic mass is 127. The molecule has 1 unspecified atom stereocenters. The SMILES string of the molecule is CN(CCCCC1(c2ccc(F)cc2)OCc2cc(C#N)ccc21)CCc1c[nH]c2ccc(I)cc12. The lowest BCUT2D eigenvalue weighted by molar-refractivity contribution is -0.0136. The normalized spacial score (nSPS) is 17.0. The zero-order chi connectivity index (χ0) is 25.1. The quantitative estimate of drug-likeness (QED) is 0.170. The number of rotatable bonds is 9. The Bertz CT molecular complexity index is 1410. The molecule has 1 aliphatic heterocycles. The van der Waals surface area contributed by atoms with E-state index in [9.17, 15) is 9.65 Å². The zero-order valence-corrected chi connectivity index (χ0v) is 22.5. The van der Waals surface area contributed by atoms with Crippen molar-refractivity contribution < 1.29 is 9.13 Å². The van der Waals surface area contributed by atoms with Gasteiger partial charge in [-0.2, -0.15) is 5.26 Å². The molecule has 1 N–H and O–H groups in total. The van der Waals surface area contributed by atoms with Crippen molar-refractivity contribution in [3.8, 4) is 6.07 Å². The van der Waals surface area contributed by atoms with E-state index in [-0.39, 0.29) is 5.82 Å². The van der Waals surface area contributed by atoms with Gasteiger partial charge in [0.2, 0.25) is 0 Å². The van der Waals surface area contributed by atoms with Crippen LogP contribution in [0.2, 0.25) is 0 Å². The topological polar surface area (TPSA) is 52.0 Å². The highest BCUT2D eigenvalue weighted by molar-refractivity contribution is 14.1. The van der Waals surface area contributed by atoms with Crippen molar-refractivity contribution in [2.45, 2.75) is 37.9 Å². The standard InChI is InChI=1S/C30H29FIN3O/c1-35(15-12-22-19-34-29-11-9-26(32)17-27(22)29)14-3-2-13-30(24-5-7-25(31)8-6-24)28-10-4-21(18-33)16-23(28)20-36-30/h4-11,16-17,19,34H,2-3,12-15,20H2,1H3. The minimum Gasteiger partial charge on any atom is -0.361 e. The molecule has 0 amide bonds. The van der Waals surface area contributed by atoms with Crippen LogP contribution in [0.3, 0.4) is 0 Å². The Kier molecular flexibility index (Phi) is 7.42. The molecule has 5 rings (SSSR count). The molecule has 184 valence electrons. The van der Waals surface area contributed by atoms with Crippen LogP contribution in [0.15, 0.2) is 66.9 Å². The summed E-state index contributed by atoms with van der Waals surface area (Å²) < 4.78 is 21.4. The fourth-order valence-electron chi connectivity index (χ4n) is 5.30. The molecule has 1 aromatic heterocycles. The van der Waals surface area contributed by atoms with Crippen molar-refractivity contribution >= 4 is 33.5 Å². The number of nitrogens with zero attached hydrogens (tertiary/aromatic N) is 2. The minimum absolute atomic E-state index is 0.251. The first-order chi connectivity index (χ1) is 17.5. The third-order valence-electron chi connectivity index (χ3n) is 7.27. The van der Waals surface area contributed by atoms with Crippen molar-refractivity contribution in [3.05, 3.63) is 104 Å². The third kappa shape index (κ3) is 5.06. The van der Waals surface area contributed by atoms with Crippen LogP contribution in [0.1, 0.15) is 47.1 Å². The van der Waals surface area contributed by atoms with Crippen LogP contribution in [-0.2, 0) is 23.4 Å². The number of likely N-dealkylation sites (N-methyl/N-ethyl adjacent to an activating group) is 1. The first-order valence-corrected chi connectivity index (χ1v) is 13.4. The fraction of sp³-hybridized carbons (Fsp3) is 0.300. The van der Waals surface area contributed by atoms with Gasteiger partial charge in [-0.05, 0) is 127 Å². The third-order valence-corrected chi connectivity index (χ3v) is 7.94. The number of unbranched alkanes of at least 4 members (excludes halogenated alkanes) is 1. The van der Waals surface area contributed by atoms with Crippen molar-refractivity contribution in [3.63, 3.8) is 0 Å². The van der Waals surface area contributed by atoms with E-state index >= 15 is 0 Å². The Hall–Kier alpha value is -2.73. The maximum Gasteiger partial charge on any atom is 0.123 e. The monoisotopic (exact) mass is 593 g/mol. The van der Waals surface area contributed by atoms with Crippen LogP contribution in [0.25, 0.3) is 10.9 Å². The van der Waals surface area contributed by atoms with Gasteiger partial charge in [0.15, 0.2) is 0 Å². The molecule has 0 spiro atoms. The predicted molar refractivity (Wildman–Crippen MR) is 149 cm³/mol. The predicted octanol–water partition coefficient (Wildman–Crippen LogP) is 6.90. The highest BCUT2D eigenvalue weighted by Gasteiger charge is 2.41. The molecule has 0 saturated heterocycles. The summed E-state index contributed by atoms with van der Waals surface area (Å²) in [5.74, 6) is -0.251. The molecular weight excluding hydrogens is 564 g/mol. The second-order valence-electron chi connectivity index (χ2n) is 9.62. The smallest absolute Gasteiger partial charge is 0.123 e. The summed E-state index contributed by atoms with van der Waals surface area (Å²) in [5.41, 5.74) is 5.69. The maximum absolute atomic E-state index is 13.7. The van der Waals surface area contributed by atoms with E-state index in [1.54, 1.807) is 0 Å². The van der Waals surface area contributed by atoms with Crippen molar-refractivity contribution in [1.29, 1.82) is 5.26 Å². The van der Waals surface area contributed by atoms with Crippen LogP contribution in [0.5, 0.6) is 0 Å². The van der Waals surface area contributed by atoms with Crippen LogP contribution in [0.4, 0.5) is 4.39 Å². The summed E-state index contributed by atoms with van der Waals surface area (Å²) in [4.78, 5) is 5.77. The molecule has 4 nitrogen and oxygen atoms in total. The average Bonchev–Trinajstić information content (AvgIpc) is 3.47. The van der Waals surface area contributed by atoms with Gasteiger partial charge in [-0.15, -0.1) is 0 Å². The van der Waals surface area contributed by atoms with E-state index in [0.29, 0.717) is 12.2 Å². The summed E-state index contributed by atoms with van der Waals surface area (Å²) >= 11 is 2.37. The summed E-state index contributed by atoms with van der Waals surface area (Å²) in [7, 11) is 2.18. The zero-order valence-electron chi connectivity index (χ0n) is 20.4. The van der Waals surface area contributed by atoms with Crippen molar-refractivity contribution in [1.82, 2.24) is 9.88 Å². The lowest BCUT2D eigenvalue weighted by Gasteiger charge is -2.31. The first kappa shape index (κ1) is 24.9. The Morgan fingerprint density at radius 1 is 1.08 bits per heavy atom. The number of hydrogen-bond donors (Lipinski definition) is 1. The fourth-order valence-corrected chi connectivity index (χ4v) is 5.79. The highest BCUT2D eigenvalue weighted by Crippen LogP contribution is 2.45. The van der Waals surface area contributed by atoms with Gasteiger partial charge in [0.05, 0.1) is 18.2 Å². The average molecular weight is 593 g/mol. The largest absolute Gasteiger partial charge is 0.361 e. The summed E-state index contributed by atoms with van der Waals surface area (Å²) in [6.07, 6.45) is 5.97. The Morgan fingerprint density at radius 2 is 1.92 bits per heavy atom. The number of fused-ring (bicyclic) bond motifs is 2. The number of ether oxygens (including phenoxy) is 1. The molecule has 6 heteroatoms. The van der Waals surface area contributed by atoms with E-state index < -0.39 is 5.60 Å². The molecule has 0 saturated carbocycles. The molecule has 36 heavy (non-hydrogen) atoms. The Balaban J connectivity index is 1.22. The van der Waals surface area contributed by atoms with Gasteiger partial charge in [0.1, 0.15) is 11.4 Å². The van der Waals surface area contributed by atoms with E-state index in [4.69, 9.17) is 4.74 Å². The molecule has 1 atom stereocenters. The molecule has 0 bridgehead atoms. The van der Waals surface area contributed by atoms with Crippen LogP contribution < -0.4 is 0 Å². The van der Waals surface area contributed by atoms with Gasteiger partial charge in [-0.3, -0.25) is 0 Å². The van der Waals surface area contributed by atoms with E-state index in [1.807, 2.05) is 30.3 Å². The molecule has 3 aromatic carbocycles. The second kappa shape index (κ2) is 10.7. The van der Waals surface area contributed by atoms with Crippen molar-refractivity contribution in [2.24, 2.45) is 0 Å². The Morgan fingerprint density at radius 3 is 2.72 bits per heavy atom. The minimum atomic E-state index is -0.600. The van der Waals surface area contributed by atoms with E-state index in [2.05, 4.69) is 70.0 Å². The molecule has 1 aliphatic rings. The van der Waals surface area contributed by atoms with E-state index in [0.717, 1.165) is 55.5 Å². The van der Waals surface area contributed by atoms with Crippen LogP contribution in [-0.4, -0.2) is 30.0 Å². The van der Waals surface area contributed by atoms with Crippen LogP contribution in [0, 0.1) is 20.7 Å². The molecular formula is C30H29FIN3O. The summed E-state index contributed by atoms with van der Waals surface area (Å²) in [5, 5.41) is 10.6. The van der Waals surface area contributed by atoms with E-state index in [1.165, 1.54) is 32.2 Å². The summed E-state index contributed by atoms with van der Waals surface area (Å²) in [6, 6.07) is 21.2. The molecule has 0 aliphatic carbocycles. The number of benzene rings is 3. The van der Waals surface area contributed by atoms with Crippen molar-refractivity contribution in [2.75, 3.05) is 20.1 Å². The maximum atomic E-state index is 13.7. The number of nitrogens with one attached hydrogen (secondary N) is 1. The molecule has 0 fully saturated rings. The van der Waals surface area contributed by atoms with Gasteiger partial charge in [-0.1, -0.05) is 18.2 Å². The number of aromatic amines is 1. The van der Waals surface area contributed by atoms with Gasteiger partial charge >= 0.3 is 0 Å². The second-order valence-corrected chi connectivity index (χ2v) is 10.9.